The fourth-order valence-corrected chi connectivity index (χ4v) is 3.16. The van der Waals surface area contributed by atoms with Gasteiger partial charge in [0.2, 0.25) is 0 Å². The van der Waals surface area contributed by atoms with E-state index in [0.717, 1.165) is 27.9 Å². The fraction of sp³-hybridized carbons (Fsp3) is 0.0476. The molecule has 4 heterocycles. The molecule has 1 aromatic carbocycles. The van der Waals surface area contributed by atoms with Gasteiger partial charge >= 0.3 is 0 Å². The Balaban J connectivity index is 1.51. The lowest BCUT2D eigenvalue weighted by Crippen LogP contribution is -2.01. The summed E-state index contributed by atoms with van der Waals surface area (Å²) in [4.78, 5) is 16.4. The standard InChI is InChI=1S/C21H15FN6/c22-18-4-2-1-3-15(18)12-28-13-16(9-26-28)17-10-24-21-20(17)27-19(11-25-21)14-5-7-23-8-6-14/h1-11,13H,12H2,(H,24,25). The Morgan fingerprint density at radius 2 is 1.86 bits per heavy atom. The molecule has 5 rings (SSSR count). The Morgan fingerprint density at radius 1 is 1.00 bits per heavy atom. The van der Waals surface area contributed by atoms with Gasteiger partial charge in [0.25, 0.3) is 0 Å². The van der Waals surface area contributed by atoms with Crippen LogP contribution in [0.25, 0.3) is 33.5 Å². The molecular formula is C21H15FN6. The minimum absolute atomic E-state index is 0.237. The van der Waals surface area contributed by atoms with Gasteiger partial charge in [-0.05, 0) is 18.2 Å². The van der Waals surface area contributed by atoms with E-state index < -0.39 is 0 Å². The predicted molar refractivity (Wildman–Crippen MR) is 104 cm³/mol. The van der Waals surface area contributed by atoms with Gasteiger partial charge in [0, 0.05) is 47.0 Å². The molecule has 0 bridgehead atoms. The first-order valence-electron chi connectivity index (χ1n) is 8.79. The average Bonchev–Trinajstić information content (AvgIpc) is 3.36. The summed E-state index contributed by atoms with van der Waals surface area (Å²) in [6.07, 6.45) is 10.7. The molecule has 28 heavy (non-hydrogen) atoms. The van der Waals surface area contributed by atoms with E-state index in [0.29, 0.717) is 17.8 Å². The zero-order valence-corrected chi connectivity index (χ0v) is 14.7. The molecule has 136 valence electrons. The lowest BCUT2D eigenvalue weighted by Gasteiger charge is -2.03. The molecule has 4 aromatic heterocycles. The third-order valence-electron chi connectivity index (χ3n) is 4.59. The third kappa shape index (κ3) is 2.92. The predicted octanol–water partition coefficient (Wildman–Crippen LogP) is 4.07. The third-order valence-corrected chi connectivity index (χ3v) is 4.59. The molecular weight excluding hydrogens is 355 g/mol. The van der Waals surface area contributed by atoms with Gasteiger partial charge in [-0.3, -0.25) is 9.67 Å². The van der Waals surface area contributed by atoms with Crippen molar-refractivity contribution in [2.45, 2.75) is 6.54 Å². The Hall–Kier alpha value is -3.87. The number of pyridine rings is 1. The van der Waals surface area contributed by atoms with Crippen molar-refractivity contribution >= 4 is 11.2 Å². The van der Waals surface area contributed by atoms with E-state index in [9.17, 15) is 4.39 Å². The summed E-state index contributed by atoms with van der Waals surface area (Å²) in [5.41, 5.74) is 5.58. The Kier molecular flexibility index (Phi) is 3.90. The normalized spacial score (nSPS) is 11.2. The number of benzene rings is 1. The van der Waals surface area contributed by atoms with E-state index in [-0.39, 0.29) is 5.82 Å². The van der Waals surface area contributed by atoms with E-state index in [1.54, 1.807) is 41.6 Å². The van der Waals surface area contributed by atoms with Gasteiger partial charge in [-0.25, -0.2) is 14.4 Å². The van der Waals surface area contributed by atoms with Crippen LogP contribution < -0.4 is 0 Å². The second kappa shape index (κ2) is 6.70. The second-order valence-electron chi connectivity index (χ2n) is 6.41. The highest BCUT2D eigenvalue weighted by molar-refractivity contribution is 5.91. The summed E-state index contributed by atoms with van der Waals surface area (Å²) in [6.45, 7) is 0.364. The molecule has 0 spiro atoms. The van der Waals surface area contributed by atoms with Crippen LogP contribution in [0.15, 0.2) is 73.6 Å². The molecule has 0 saturated carbocycles. The van der Waals surface area contributed by atoms with Crippen LogP contribution in [-0.4, -0.2) is 29.7 Å². The van der Waals surface area contributed by atoms with Crippen molar-refractivity contribution in [2.24, 2.45) is 0 Å². The van der Waals surface area contributed by atoms with Crippen molar-refractivity contribution in [1.29, 1.82) is 0 Å². The monoisotopic (exact) mass is 370 g/mol. The highest BCUT2D eigenvalue weighted by atomic mass is 19.1. The molecule has 0 unspecified atom stereocenters. The maximum atomic E-state index is 13.9. The first kappa shape index (κ1) is 16.3. The number of rotatable bonds is 4. The number of aromatic nitrogens is 6. The molecule has 0 radical (unpaired) electrons. The van der Waals surface area contributed by atoms with E-state index >= 15 is 0 Å². The maximum absolute atomic E-state index is 13.9. The van der Waals surface area contributed by atoms with Crippen molar-refractivity contribution in [1.82, 2.24) is 29.7 Å². The Morgan fingerprint density at radius 3 is 2.71 bits per heavy atom. The van der Waals surface area contributed by atoms with Crippen molar-refractivity contribution < 1.29 is 4.39 Å². The highest BCUT2D eigenvalue weighted by Gasteiger charge is 2.13. The molecule has 6 nitrogen and oxygen atoms in total. The number of nitrogens with zero attached hydrogens (tertiary/aromatic N) is 5. The number of fused-ring (bicyclic) bond motifs is 1. The van der Waals surface area contributed by atoms with Gasteiger partial charge < -0.3 is 4.98 Å². The van der Waals surface area contributed by atoms with Crippen LogP contribution in [0.4, 0.5) is 4.39 Å². The molecule has 0 fully saturated rings. The van der Waals surface area contributed by atoms with Crippen molar-refractivity contribution in [3.63, 3.8) is 0 Å². The molecule has 0 saturated heterocycles. The minimum Gasteiger partial charge on any atom is -0.344 e. The summed E-state index contributed by atoms with van der Waals surface area (Å²) in [5.74, 6) is -0.237. The second-order valence-corrected chi connectivity index (χ2v) is 6.41. The molecule has 7 heteroatoms. The lowest BCUT2D eigenvalue weighted by atomic mass is 10.1. The zero-order valence-electron chi connectivity index (χ0n) is 14.7. The summed E-state index contributed by atoms with van der Waals surface area (Å²) in [7, 11) is 0. The number of halogens is 1. The van der Waals surface area contributed by atoms with E-state index in [1.165, 1.54) is 6.07 Å². The van der Waals surface area contributed by atoms with Crippen LogP contribution in [0.1, 0.15) is 5.56 Å². The Bertz CT molecular complexity index is 1260. The molecule has 1 N–H and O–H groups in total. The largest absolute Gasteiger partial charge is 0.344 e. The molecule has 0 atom stereocenters. The molecule has 0 aliphatic rings. The van der Waals surface area contributed by atoms with Gasteiger partial charge in [0.05, 0.1) is 24.6 Å². The number of H-pyrrole nitrogens is 1. The first-order valence-corrected chi connectivity index (χ1v) is 8.79. The van der Waals surface area contributed by atoms with Gasteiger partial charge in [-0.15, -0.1) is 0 Å². The molecule has 0 amide bonds. The summed E-state index contributed by atoms with van der Waals surface area (Å²) >= 11 is 0. The zero-order chi connectivity index (χ0) is 18.9. The van der Waals surface area contributed by atoms with Gasteiger partial charge in [-0.2, -0.15) is 5.10 Å². The van der Waals surface area contributed by atoms with Crippen molar-refractivity contribution in [3.05, 3.63) is 85.0 Å². The van der Waals surface area contributed by atoms with Crippen molar-refractivity contribution in [2.75, 3.05) is 0 Å². The fourth-order valence-electron chi connectivity index (χ4n) is 3.16. The van der Waals surface area contributed by atoms with E-state index in [1.807, 2.05) is 30.6 Å². The van der Waals surface area contributed by atoms with Crippen LogP contribution in [-0.2, 0) is 6.54 Å². The summed E-state index contributed by atoms with van der Waals surface area (Å²) in [6, 6.07) is 10.5. The smallest absolute Gasteiger partial charge is 0.156 e. The van der Waals surface area contributed by atoms with Crippen LogP contribution in [0.3, 0.4) is 0 Å². The van der Waals surface area contributed by atoms with Crippen molar-refractivity contribution in [3.8, 4) is 22.4 Å². The molecule has 5 aromatic rings. The van der Waals surface area contributed by atoms with Crippen LogP contribution in [0.2, 0.25) is 0 Å². The molecule has 0 aliphatic carbocycles. The van der Waals surface area contributed by atoms with Crippen LogP contribution in [0.5, 0.6) is 0 Å². The van der Waals surface area contributed by atoms with Crippen LogP contribution >= 0.6 is 0 Å². The SMILES string of the molecule is Fc1ccccc1Cn1cc(-c2c[nH]c3ncc(-c4ccncc4)nc23)cn1. The number of hydrogen-bond donors (Lipinski definition) is 1. The number of nitrogens with one attached hydrogen (secondary N) is 1. The van der Waals surface area contributed by atoms with E-state index in [4.69, 9.17) is 4.98 Å². The minimum atomic E-state index is -0.237. The topological polar surface area (TPSA) is 72.3 Å². The van der Waals surface area contributed by atoms with Gasteiger partial charge in [-0.1, -0.05) is 18.2 Å². The quantitative estimate of drug-likeness (QED) is 0.518. The number of hydrogen-bond acceptors (Lipinski definition) is 4. The number of aromatic amines is 1. The highest BCUT2D eigenvalue weighted by Crippen LogP contribution is 2.28. The lowest BCUT2D eigenvalue weighted by molar-refractivity contribution is 0.585. The molecule has 0 aliphatic heterocycles. The maximum Gasteiger partial charge on any atom is 0.156 e. The average molecular weight is 370 g/mol. The van der Waals surface area contributed by atoms with Crippen LogP contribution in [0, 0.1) is 5.82 Å². The first-order chi connectivity index (χ1) is 13.8. The van der Waals surface area contributed by atoms with Gasteiger partial charge in [0.1, 0.15) is 11.3 Å². The Labute approximate surface area is 159 Å². The van der Waals surface area contributed by atoms with Gasteiger partial charge in [0.15, 0.2) is 5.65 Å². The summed E-state index contributed by atoms with van der Waals surface area (Å²) < 4.78 is 15.6. The summed E-state index contributed by atoms with van der Waals surface area (Å²) in [5, 5.41) is 4.38. The van der Waals surface area contributed by atoms with E-state index in [2.05, 4.69) is 20.1 Å².